The van der Waals surface area contributed by atoms with E-state index in [1.165, 1.54) is 6.92 Å². The molecule has 0 aromatic heterocycles. The Kier molecular flexibility index (Phi) is 3.93. The van der Waals surface area contributed by atoms with Gasteiger partial charge < -0.3 is 9.64 Å². The monoisotopic (exact) mass is 335 g/mol. The minimum Gasteiger partial charge on any atom is -0.484 e. The molecule has 1 aromatic rings. The molecule has 2 aliphatic rings. The zero-order valence-corrected chi connectivity index (χ0v) is 12.2. The van der Waals surface area contributed by atoms with Gasteiger partial charge in [-0.25, -0.2) is 13.2 Å². The molecule has 3 nitrogen and oxygen atoms in total. The topological polar surface area (TPSA) is 29.5 Å². The molecular formula is C15H14F5NO2. The summed E-state index contributed by atoms with van der Waals surface area (Å²) in [6.07, 6.45) is 1.38. The molecule has 3 rings (SSSR count). The smallest absolute Gasteiger partial charge is 0.219 e. The highest BCUT2D eigenvalue weighted by Gasteiger charge is 2.43. The highest BCUT2D eigenvalue weighted by atomic mass is 19.2. The number of halogens is 5. The number of carbonyl (C=O) groups excluding carboxylic acids is 1. The van der Waals surface area contributed by atoms with Crippen molar-refractivity contribution in [3.8, 4) is 5.75 Å². The van der Waals surface area contributed by atoms with E-state index in [2.05, 4.69) is 0 Å². The molecule has 2 aliphatic heterocycles. The Morgan fingerprint density at radius 2 is 1.35 bits per heavy atom. The standard InChI is InChI=1S/C15H14F5NO2/c1-6(22)21-7-2-3-8(21)5-9(4-7)23-15-13(19)11(17)10(16)12(18)14(15)20/h7-9H,2-5H2,1H3/t7-,8+,9?. The van der Waals surface area contributed by atoms with Crippen LogP contribution < -0.4 is 4.74 Å². The maximum absolute atomic E-state index is 13.7. The summed E-state index contributed by atoms with van der Waals surface area (Å²) >= 11 is 0. The normalized spacial score (nSPS) is 26.5. The first-order chi connectivity index (χ1) is 10.8. The quantitative estimate of drug-likeness (QED) is 0.471. The third-order valence-corrected chi connectivity index (χ3v) is 4.51. The zero-order chi connectivity index (χ0) is 16.9. The Morgan fingerprint density at radius 3 is 1.78 bits per heavy atom. The van der Waals surface area contributed by atoms with Crippen molar-refractivity contribution in [1.29, 1.82) is 0 Å². The second-order valence-electron chi connectivity index (χ2n) is 5.92. The van der Waals surface area contributed by atoms with Gasteiger partial charge in [-0.1, -0.05) is 0 Å². The van der Waals surface area contributed by atoms with Crippen LogP contribution in [0.4, 0.5) is 22.0 Å². The Hall–Kier alpha value is -1.86. The van der Waals surface area contributed by atoms with Crippen molar-refractivity contribution in [3.63, 3.8) is 0 Å². The molecule has 3 atom stereocenters. The van der Waals surface area contributed by atoms with E-state index in [9.17, 15) is 26.7 Å². The minimum atomic E-state index is -2.21. The molecule has 2 fully saturated rings. The number of ether oxygens (including phenoxy) is 1. The molecule has 0 saturated carbocycles. The largest absolute Gasteiger partial charge is 0.484 e. The van der Waals surface area contributed by atoms with E-state index in [1.807, 2.05) is 0 Å². The average molecular weight is 335 g/mol. The van der Waals surface area contributed by atoms with Gasteiger partial charge in [-0.2, -0.15) is 8.78 Å². The van der Waals surface area contributed by atoms with Gasteiger partial charge in [-0.15, -0.1) is 0 Å². The van der Waals surface area contributed by atoms with E-state index in [1.54, 1.807) is 4.90 Å². The molecule has 2 heterocycles. The predicted octanol–water partition coefficient (Wildman–Crippen LogP) is 3.30. The molecule has 1 aromatic carbocycles. The van der Waals surface area contributed by atoms with Crippen LogP contribution in [0.2, 0.25) is 0 Å². The summed E-state index contributed by atoms with van der Waals surface area (Å²) < 4.78 is 71.8. The van der Waals surface area contributed by atoms with Crippen LogP contribution >= 0.6 is 0 Å². The number of piperidine rings is 1. The first-order valence-corrected chi connectivity index (χ1v) is 7.28. The maximum atomic E-state index is 13.7. The van der Waals surface area contributed by atoms with Crippen LogP contribution in [0.5, 0.6) is 5.75 Å². The fourth-order valence-corrected chi connectivity index (χ4v) is 3.59. The zero-order valence-electron chi connectivity index (χ0n) is 12.2. The fourth-order valence-electron chi connectivity index (χ4n) is 3.59. The molecule has 2 bridgehead atoms. The lowest BCUT2D eigenvalue weighted by Crippen LogP contribution is -2.48. The van der Waals surface area contributed by atoms with Crippen LogP contribution in [-0.4, -0.2) is 29.0 Å². The summed E-state index contributed by atoms with van der Waals surface area (Å²) in [7, 11) is 0. The maximum Gasteiger partial charge on any atom is 0.219 e. The molecule has 8 heteroatoms. The van der Waals surface area contributed by atoms with Gasteiger partial charge in [0.15, 0.2) is 5.75 Å². The highest BCUT2D eigenvalue weighted by Crippen LogP contribution is 2.38. The fraction of sp³-hybridized carbons (Fsp3) is 0.533. The second-order valence-corrected chi connectivity index (χ2v) is 5.92. The van der Waals surface area contributed by atoms with Crippen molar-refractivity contribution < 1.29 is 31.5 Å². The molecule has 0 spiro atoms. The van der Waals surface area contributed by atoms with Gasteiger partial charge in [0.1, 0.15) is 6.10 Å². The van der Waals surface area contributed by atoms with Crippen LogP contribution in [0.15, 0.2) is 0 Å². The number of hydrogen-bond acceptors (Lipinski definition) is 2. The van der Waals surface area contributed by atoms with Gasteiger partial charge in [0.2, 0.25) is 35.0 Å². The van der Waals surface area contributed by atoms with E-state index < -0.39 is 40.9 Å². The Bertz CT molecular complexity index is 623. The number of hydrogen-bond donors (Lipinski definition) is 0. The minimum absolute atomic E-state index is 0.0906. The third-order valence-electron chi connectivity index (χ3n) is 4.51. The molecule has 0 radical (unpaired) electrons. The van der Waals surface area contributed by atoms with Gasteiger partial charge in [0.25, 0.3) is 0 Å². The summed E-state index contributed by atoms with van der Waals surface area (Å²) in [5.41, 5.74) is 0. The van der Waals surface area contributed by atoms with E-state index in [0.29, 0.717) is 12.8 Å². The second kappa shape index (κ2) is 5.65. The summed E-state index contributed by atoms with van der Waals surface area (Å²) in [5.74, 6) is -11.5. The summed E-state index contributed by atoms with van der Waals surface area (Å²) in [5, 5.41) is 0. The summed E-state index contributed by atoms with van der Waals surface area (Å²) in [6, 6.07) is -0.255. The molecular weight excluding hydrogens is 321 g/mol. The van der Waals surface area contributed by atoms with Crippen molar-refractivity contribution >= 4 is 5.91 Å². The summed E-state index contributed by atoms with van der Waals surface area (Å²) in [6.45, 7) is 1.44. The van der Waals surface area contributed by atoms with E-state index in [4.69, 9.17) is 4.74 Å². The number of fused-ring (bicyclic) bond motifs is 2. The lowest BCUT2D eigenvalue weighted by Gasteiger charge is -2.38. The van der Waals surface area contributed by atoms with Gasteiger partial charge in [0, 0.05) is 31.8 Å². The SMILES string of the molecule is CC(=O)N1[C@@H]2CC[C@H]1CC(Oc1c(F)c(F)c(F)c(F)c1F)C2. The van der Waals surface area contributed by atoms with Gasteiger partial charge in [-0.05, 0) is 12.8 Å². The van der Waals surface area contributed by atoms with E-state index in [-0.39, 0.29) is 18.0 Å². The van der Waals surface area contributed by atoms with Crippen molar-refractivity contribution in [2.24, 2.45) is 0 Å². The number of nitrogens with zero attached hydrogens (tertiary/aromatic N) is 1. The molecule has 1 amide bonds. The summed E-state index contributed by atoms with van der Waals surface area (Å²) in [4.78, 5) is 13.3. The Balaban J connectivity index is 1.84. The number of benzene rings is 1. The van der Waals surface area contributed by atoms with Gasteiger partial charge >= 0.3 is 0 Å². The van der Waals surface area contributed by atoms with Crippen molar-refractivity contribution in [2.75, 3.05) is 0 Å². The van der Waals surface area contributed by atoms with Crippen LogP contribution in [0.3, 0.4) is 0 Å². The van der Waals surface area contributed by atoms with Crippen molar-refractivity contribution in [1.82, 2.24) is 4.90 Å². The van der Waals surface area contributed by atoms with Crippen molar-refractivity contribution in [2.45, 2.75) is 50.8 Å². The lowest BCUT2D eigenvalue weighted by atomic mass is 9.99. The lowest BCUT2D eigenvalue weighted by molar-refractivity contribution is -0.134. The predicted molar refractivity (Wildman–Crippen MR) is 69.2 cm³/mol. The number of amides is 1. The van der Waals surface area contributed by atoms with Crippen LogP contribution in [0, 0.1) is 29.1 Å². The number of carbonyl (C=O) groups is 1. The van der Waals surface area contributed by atoms with E-state index in [0.717, 1.165) is 12.8 Å². The highest BCUT2D eigenvalue weighted by molar-refractivity contribution is 5.74. The van der Waals surface area contributed by atoms with Crippen LogP contribution in [0.1, 0.15) is 32.6 Å². The van der Waals surface area contributed by atoms with Gasteiger partial charge in [-0.3, -0.25) is 4.79 Å². The Labute approximate surface area is 129 Å². The molecule has 2 saturated heterocycles. The molecule has 0 N–H and O–H groups in total. The van der Waals surface area contributed by atoms with E-state index >= 15 is 0 Å². The first kappa shape index (κ1) is 16.0. The first-order valence-electron chi connectivity index (χ1n) is 7.28. The molecule has 0 aliphatic carbocycles. The van der Waals surface area contributed by atoms with Crippen LogP contribution in [-0.2, 0) is 4.79 Å². The third kappa shape index (κ3) is 2.53. The molecule has 1 unspecified atom stereocenters. The van der Waals surface area contributed by atoms with Crippen LogP contribution in [0.25, 0.3) is 0 Å². The Morgan fingerprint density at radius 1 is 0.913 bits per heavy atom. The van der Waals surface area contributed by atoms with Gasteiger partial charge in [0.05, 0.1) is 0 Å². The molecule has 126 valence electrons. The average Bonchev–Trinajstić information content (AvgIpc) is 2.79. The van der Waals surface area contributed by atoms with Crippen molar-refractivity contribution in [3.05, 3.63) is 29.1 Å². The number of rotatable bonds is 2. The molecule has 23 heavy (non-hydrogen) atoms.